The van der Waals surface area contributed by atoms with Crippen LogP contribution in [-0.2, 0) is 24.1 Å². The van der Waals surface area contributed by atoms with Crippen LogP contribution in [0.1, 0.15) is 30.2 Å². The zero-order chi connectivity index (χ0) is 18.6. The van der Waals surface area contributed by atoms with E-state index in [-0.39, 0.29) is 12.3 Å². The second-order valence-corrected chi connectivity index (χ2v) is 7.49. The summed E-state index contributed by atoms with van der Waals surface area (Å²) in [6.07, 6.45) is 3.73. The van der Waals surface area contributed by atoms with Crippen molar-refractivity contribution in [2.45, 2.75) is 32.6 Å². The van der Waals surface area contributed by atoms with Gasteiger partial charge in [-0.25, -0.2) is 4.98 Å². The SMILES string of the molecule is CCOc1ccccc1-c1nc(CC(=O)Nc2ccc3c(c2)CCC3)cs1. The van der Waals surface area contributed by atoms with Crippen LogP contribution in [0.4, 0.5) is 5.69 Å². The van der Waals surface area contributed by atoms with E-state index in [9.17, 15) is 4.79 Å². The van der Waals surface area contributed by atoms with E-state index in [0.717, 1.165) is 40.5 Å². The van der Waals surface area contributed by atoms with E-state index < -0.39 is 0 Å². The van der Waals surface area contributed by atoms with Crippen molar-refractivity contribution in [2.24, 2.45) is 0 Å². The van der Waals surface area contributed by atoms with Crippen molar-refractivity contribution in [1.29, 1.82) is 0 Å². The van der Waals surface area contributed by atoms with E-state index in [1.807, 2.05) is 42.6 Å². The molecule has 0 radical (unpaired) electrons. The summed E-state index contributed by atoms with van der Waals surface area (Å²) in [5, 5.41) is 5.82. The second-order valence-electron chi connectivity index (χ2n) is 6.64. The molecule has 1 aliphatic carbocycles. The van der Waals surface area contributed by atoms with Crippen LogP contribution in [-0.4, -0.2) is 17.5 Å². The van der Waals surface area contributed by atoms with E-state index >= 15 is 0 Å². The number of rotatable bonds is 6. The Morgan fingerprint density at radius 2 is 2.04 bits per heavy atom. The summed E-state index contributed by atoms with van der Waals surface area (Å²) in [5.74, 6) is 0.784. The zero-order valence-electron chi connectivity index (χ0n) is 15.3. The van der Waals surface area contributed by atoms with Gasteiger partial charge in [-0.2, -0.15) is 0 Å². The number of benzene rings is 2. The number of carbonyl (C=O) groups is 1. The first-order chi connectivity index (χ1) is 13.2. The maximum absolute atomic E-state index is 12.4. The summed E-state index contributed by atoms with van der Waals surface area (Å²) < 4.78 is 5.68. The standard InChI is InChI=1S/C22H22N2O2S/c1-2-26-20-9-4-3-8-19(20)22-24-18(14-27-22)13-21(25)23-17-11-10-15-6-5-7-16(15)12-17/h3-4,8-12,14H,2,5-7,13H2,1H3,(H,23,25). The number of ether oxygens (including phenoxy) is 1. The highest BCUT2D eigenvalue weighted by Crippen LogP contribution is 2.32. The molecule has 0 bridgehead atoms. The maximum Gasteiger partial charge on any atom is 0.230 e. The molecule has 27 heavy (non-hydrogen) atoms. The smallest absolute Gasteiger partial charge is 0.230 e. The minimum atomic E-state index is -0.0390. The third-order valence-corrected chi connectivity index (χ3v) is 5.62. The normalized spacial score (nSPS) is 12.6. The van der Waals surface area contributed by atoms with E-state index in [1.54, 1.807) is 0 Å². The molecule has 1 amide bonds. The van der Waals surface area contributed by atoms with Gasteiger partial charge in [-0.05, 0) is 61.6 Å². The highest BCUT2D eigenvalue weighted by Gasteiger charge is 2.14. The van der Waals surface area contributed by atoms with Gasteiger partial charge in [0, 0.05) is 11.1 Å². The van der Waals surface area contributed by atoms with E-state index in [0.29, 0.717) is 6.61 Å². The van der Waals surface area contributed by atoms with E-state index in [1.165, 1.54) is 28.9 Å². The monoisotopic (exact) mass is 378 g/mol. The number of aryl methyl sites for hydroxylation is 2. The lowest BCUT2D eigenvalue weighted by atomic mass is 10.1. The van der Waals surface area contributed by atoms with Gasteiger partial charge in [0.2, 0.25) is 5.91 Å². The van der Waals surface area contributed by atoms with Gasteiger partial charge >= 0.3 is 0 Å². The molecule has 1 aromatic heterocycles. The minimum absolute atomic E-state index is 0.0390. The fourth-order valence-corrected chi connectivity index (χ4v) is 4.31. The fourth-order valence-electron chi connectivity index (χ4n) is 3.46. The molecular formula is C22H22N2O2S. The molecule has 4 rings (SSSR count). The number of aromatic nitrogens is 1. The Kier molecular flexibility index (Phi) is 5.21. The Morgan fingerprint density at radius 1 is 1.19 bits per heavy atom. The molecule has 0 saturated carbocycles. The molecular weight excluding hydrogens is 356 g/mol. The lowest BCUT2D eigenvalue weighted by Gasteiger charge is -2.07. The first-order valence-corrected chi connectivity index (χ1v) is 10.2. The number of hydrogen-bond donors (Lipinski definition) is 1. The lowest BCUT2D eigenvalue weighted by molar-refractivity contribution is -0.115. The van der Waals surface area contributed by atoms with E-state index in [4.69, 9.17) is 4.74 Å². The molecule has 1 heterocycles. The molecule has 0 unspecified atom stereocenters. The number of para-hydroxylation sites is 1. The number of thiazole rings is 1. The number of anilines is 1. The first kappa shape index (κ1) is 17.7. The Labute approximate surface area is 163 Å². The van der Waals surface area contributed by atoms with Crippen molar-refractivity contribution in [2.75, 3.05) is 11.9 Å². The van der Waals surface area contributed by atoms with Crippen molar-refractivity contribution in [3.63, 3.8) is 0 Å². The highest BCUT2D eigenvalue weighted by molar-refractivity contribution is 7.13. The van der Waals surface area contributed by atoms with Gasteiger partial charge in [-0.1, -0.05) is 18.2 Å². The van der Waals surface area contributed by atoms with Crippen LogP contribution < -0.4 is 10.1 Å². The Bertz CT molecular complexity index is 964. The van der Waals surface area contributed by atoms with Crippen molar-refractivity contribution in [3.05, 3.63) is 64.7 Å². The third kappa shape index (κ3) is 4.03. The van der Waals surface area contributed by atoms with E-state index in [2.05, 4.69) is 22.4 Å². The van der Waals surface area contributed by atoms with Crippen molar-refractivity contribution >= 4 is 22.9 Å². The van der Waals surface area contributed by atoms with Crippen molar-refractivity contribution in [1.82, 2.24) is 4.98 Å². The van der Waals surface area contributed by atoms with Gasteiger partial charge < -0.3 is 10.1 Å². The second kappa shape index (κ2) is 7.92. The number of fused-ring (bicyclic) bond motifs is 1. The largest absolute Gasteiger partial charge is 0.493 e. The lowest BCUT2D eigenvalue weighted by Crippen LogP contribution is -2.14. The van der Waals surface area contributed by atoms with Crippen LogP contribution in [0.5, 0.6) is 5.75 Å². The quantitative estimate of drug-likeness (QED) is 0.665. The predicted molar refractivity (Wildman–Crippen MR) is 110 cm³/mol. The van der Waals surface area contributed by atoms with Gasteiger partial charge in [0.05, 0.1) is 24.3 Å². The fraction of sp³-hybridized carbons (Fsp3) is 0.273. The topological polar surface area (TPSA) is 51.2 Å². The average molecular weight is 378 g/mol. The number of nitrogens with zero attached hydrogens (tertiary/aromatic N) is 1. The summed E-state index contributed by atoms with van der Waals surface area (Å²) in [6.45, 7) is 2.58. The molecule has 138 valence electrons. The molecule has 4 nitrogen and oxygen atoms in total. The van der Waals surface area contributed by atoms with Crippen LogP contribution in [0, 0.1) is 0 Å². The van der Waals surface area contributed by atoms with Gasteiger partial charge in [-0.3, -0.25) is 4.79 Å². The maximum atomic E-state index is 12.4. The molecule has 1 aliphatic rings. The Balaban J connectivity index is 1.44. The first-order valence-electron chi connectivity index (χ1n) is 9.31. The molecule has 5 heteroatoms. The number of amides is 1. The molecule has 0 saturated heterocycles. The summed E-state index contributed by atoms with van der Waals surface area (Å²) in [6, 6.07) is 14.1. The molecule has 0 fully saturated rings. The van der Waals surface area contributed by atoms with Crippen LogP contribution in [0.25, 0.3) is 10.6 Å². The van der Waals surface area contributed by atoms with Crippen LogP contribution in [0.3, 0.4) is 0 Å². The Hall–Kier alpha value is -2.66. The summed E-state index contributed by atoms with van der Waals surface area (Å²) in [4.78, 5) is 17.1. The minimum Gasteiger partial charge on any atom is -0.493 e. The molecule has 0 aliphatic heterocycles. The molecule has 0 spiro atoms. The molecule has 2 aromatic carbocycles. The Morgan fingerprint density at radius 3 is 2.93 bits per heavy atom. The zero-order valence-corrected chi connectivity index (χ0v) is 16.1. The summed E-state index contributed by atoms with van der Waals surface area (Å²) in [5.41, 5.74) is 5.38. The number of nitrogens with one attached hydrogen (secondary N) is 1. The van der Waals surface area contributed by atoms with Crippen molar-refractivity contribution in [3.8, 4) is 16.3 Å². The summed E-state index contributed by atoms with van der Waals surface area (Å²) in [7, 11) is 0. The van der Waals surface area contributed by atoms with Gasteiger partial charge in [0.25, 0.3) is 0 Å². The van der Waals surface area contributed by atoms with Crippen LogP contribution in [0.15, 0.2) is 47.8 Å². The van der Waals surface area contributed by atoms with Gasteiger partial charge in [0.1, 0.15) is 10.8 Å². The van der Waals surface area contributed by atoms with Crippen LogP contribution >= 0.6 is 11.3 Å². The van der Waals surface area contributed by atoms with Gasteiger partial charge in [-0.15, -0.1) is 11.3 Å². The summed E-state index contributed by atoms with van der Waals surface area (Å²) >= 11 is 1.54. The third-order valence-electron chi connectivity index (χ3n) is 4.69. The average Bonchev–Trinajstić information content (AvgIpc) is 3.31. The van der Waals surface area contributed by atoms with Crippen LogP contribution in [0.2, 0.25) is 0 Å². The highest BCUT2D eigenvalue weighted by atomic mass is 32.1. The predicted octanol–water partition coefficient (Wildman–Crippen LogP) is 4.88. The molecule has 3 aromatic rings. The number of carbonyl (C=O) groups excluding carboxylic acids is 1. The van der Waals surface area contributed by atoms with Crippen molar-refractivity contribution < 1.29 is 9.53 Å². The molecule has 0 atom stereocenters. The number of hydrogen-bond acceptors (Lipinski definition) is 4. The molecule has 1 N–H and O–H groups in total. The van der Waals surface area contributed by atoms with Gasteiger partial charge in [0.15, 0.2) is 0 Å².